The zero-order valence-electron chi connectivity index (χ0n) is 42.3. The van der Waals surface area contributed by atoms with E-state index in [-0.39, 0.29) is 12.8 Å². The van der Waals surface area contributed by atoms with E-state index in [1.54, 1.807) is 0 Å². The van der Waals surface area contributed by atoms with Crippen LogP contribution in [0.25, 0.3) is 0 Å². The quantitative estimate of drug-likeness (QED) is 0.0199. The molecule has 0 saturated carbocycles. The van der Waals surface area contributed by atoms with Crippen LogP contribution in [0.2, 0.25) is 0 Å². The van der Waals surface area contributed by atoms with Gasteiger partial charge in [0, 0.05) is 12.8 Å². The fourth-order valence-electron chi connectivity index (χ4n) is 7.70. The van der Waals surface area contributed by atoms with Gasteiger partial charge in [-0.3, -0.25) is 18.6 Å². The summed E-state index contributed by atoms with van der Waals surface area (Å²) in [6.45, 7) is 2.61. The maximum atomic E-state index is 12.4. The molecule has 1 amide bonds. The van der Waals surface area contributed by atoms with Crippen molar-refractivity contribution in [3.05, 3.63) is 36.5 Å². The number of phosphoric ester groups is 1. The Balaban J connectivity index is 3.79. The summed E-state index contributed by atoms with van der Waals surface area (Å²) in [5, 5.41) is 22.0. The predicted molar refractivity (Wildman–Crippen MR) is 272 cm³/mol. The van der Waals surface area contributed by atoms with Crippen molar-refractivity contribution in [2.24, 2.45) is 0 Å². The molecule has 0 spiro atoms. The molecule has 0 saturated heterocycles. The molecule has 0 aliphatic carbocycles. The Morgan fingerprint density at radius 2 is 0.833 bits per heavy atom. The lowest BCUT2D eigenvalue weighted by atomic mass is 10.0. The summed E-state index contributed by atoms with van der Waals surface area (Å²) in [7, 11) is -4.76. The molecule has 0 aromatic rings. The van der Waals surface area contributed by atoms with Gasteiger partial charge >= 0.3 is 19.8 Å². The minimum Gasteiger partial charge on any atom is -0.480 e. The second-order valence-corrected chi connectivity index (χ2v) is 19.9. The van der Waals surface area contributed by atoms with Crippen molar-refractivity contribution in [1.82, 2.24) is 5.32 Å². The van der Waals surface area contributed by atoms with Crippen LogP contribution in [0.3, 0.4) is 0 Å². The molecular weight excluding hydrogens is 854 g/mol. The molecule has 0 rings (SSSR count). The fraction of sp³-hybridized carbons (Fsp3) is 0.833. The molecule has 0 aromatic heterocycles. The number of hydrogen-bond acceptors (Lipinski definition) is 8. The Labute approximate surface area is 403 Å². The highest BCUT2D eigenvalue weighted by molar-refractivity contribution is 7.47. The Kier molecular flexibility index (Phi) is 47.4. The molecule has 386 valence electrons. The van der Waals surface area contributed by atoms with E-state index in [2.05, 4.69) is 55.6 Å². The average molecular weight is 954 g/mol. The van der Waals surface area contributed by atoms with Gasteiger partial charge in [-0.25, -0.2) is 9.36 Å². The smallest absolute Gasteiger partial charge is 0.472 e. The van der Waals surface area contributed by atoms with Gasteiger partial charge in [-0.05, 0) is 70.6 Å². The molecule has 3 unspecified atom stereocenters. The van der Waals surface area contributed by atoms with E-state index in [1.807, 2.05) is 0 Å². The van der Waals surface area contributed by atoms with E-state index in [0.717, 1.165) is 44.9 Å². The summed E-state index contributed by atoms with van der Waals surface area (Å²) in [4.78, 5) is 46.2. The van der Waals surface area contributed by atoms with Gasteiger partial charge in [0.15, 0.2) is 6.04 Å². The summed E-state index contributed by atoms with van der Waals surface area (Å²) in [6.07, 6.45) is 55.9. The van der Waals surface area contributed by atoms with Gasteiger partial charge in [-0.2, -0.15) is 0 Å². The number of ether oxygens (including phenoxy) is 1. The SMILES string of the molecule is CCCCC/C=C\C/C=C\CCCCCCCCCCCCCC(=O)NC(COP(=O)(O)OCC(O)COC(=O)CCCCCCCCCCCCC/C=C/CCCCCCCC)C(=O)O. The van der Waals surface area contributed by atoms with Gasteiger partial charge < -0.3 is 25.2 Å². The van der Waals surface area contributed by atoms with Crippen LogP contribution < -0.4 is 5.32 Å². The van der Waals surface area contributed by atoms with Crippen molar-refractivity contribution >= 4 is 25.7 Å². The molecule has 66 heavy (non-hydrogen) atoms. The van der Waals surface area contributed by atoms with E-state index < -0.39 is 57.6 Å². The topological polar surface area (TPSA) is 169 Å². The summed E-state index contributed by atoms with van der Waals surface area (Å²) in [6, 6.07) is -1.55. The number of carboxylic acids is 1. The number of allylic oxidation sites excluding steroid dienone is 6. The van der Waals surface area contributed by atoms with Crippen molar-refractivity contribution in [3.8, 4) is 0 Å². The molecule has 0 aromatic carbocycles. The van der Waals surface area contributed by atoms with Crippen LogP contribution in [-0.2, 0) is 32.7 Å². The number of phosphoric acid groups is 1. The lowest BCUT2D eigenvalue weighted by Crippen LogP contribution is -2.43. The van der Waals surface area contributed by atoms with E-state index in [1.165, 1.54) is 173 Å². The standard InChI is InChI=1S/C54H100NO10P/c1-3-5-7-9-11-13-15-17-19-21-23-25-27-29-31-33-35-37-39-41-43-45-52(57)55-51(54(59)60)49-65-66(61,62)64-48-50(56)47-63-53(58)46-44-42-40-38-36-34-32-30-28-26-24-22-20-18-16-14-12-10-8-6-4-2/h11,13,17-20,50-51,56H,3-10,12,14-16,21-49H2,1-2H3,(H,55,57)(H,59,60)(H,61,62)/b13-11-,19-17-,20-18+. The first-order chi connectivity index (χ1) is 32.1. The van der Waals surface area contributed by atoms with Crippen molar-refractivity contribution in [1.29, 1.82) is 0 Å². The molecule has 0 aliphatic heterocycles. The number of nitrogens with one attached hydrogen (secondary N) is 1. The summed E-state index contributed by atoms with van der Waals surface area (Å²) in [5.74, 6) is -2.36. The lowest BCUT2D eigenvalue weighted by Gasteiger charge is -2.18. The molecule has 4 N–H and O–H groups in total. The Morgan fingerprint density at radius 3 is 1.27 bits per heavy atom. The molecule has 0 bridgehead atoms. The number of carbonyl (C=O) groups excluding carboxylic acids is 2. The first kappa shape index (κ1) is 63.7. The normalized spacial score (nSPS) is 13.8. The number of amides is 1. The van der Waals surface area contributed by atoms with Crippen LogP contribution in [0.15, 0.2) is 36.5 Å². The second kappa shape index (κ2) is 49.1. The summed E-state index contributed by atoms with van der Waals surface area (Å²) < 4.78 is 27.0. The van der Waals surface area contributed by atoms with Crippen LogP contribution in [-0.4, -0.2) is 64.9 Å². The molecule has 11 nitrogen and oxygen atoms in total. The number of aliphatic carboxylic acids is 1. The van der Waals surface area contributed by atoms with Crippen molar-refractivity contribution in [2.45, 2.75) is 270 Å². The van der Waals surface area contributed by atoms with E-state index in [4.69, 9.17) is 13.8 Å². The zero-order chi connectivity index (χ0) is 48.4. The minimum absolute atomic E-state index is 0.144. The third kappa shape index (κ3) is 48.2. The van der Waals surface area contributed by atoms with Gasteiger partial charge in [-0.15, -0.1) is 0 Å². The number of hydrogen-bond donors (Lipinski definition) is 4. The van der Waals surface area contributed by atoms with Crippen molar-refractivity contribution < 1.29 is 47.8 Å². The second-order valence-electron chi connectivity index (χ2n) is 18.4. The minimum atomic E-state index is -4.76. The van der Waals surface area contributed by atoms with E-state index in [9.17, 15) is 34.1 Å². The number of unbranched alkanes of at least 4 members (excludes halogenated alkanes) is 31. The van der Waals surface area contributed by atoms with Gasteiger partial charge in [0.25, 0.3) is 0 Å². The molecule has 0 aliphatic rings. The Bertz CT molecular complexity index is 1260. The Morgan fingerprint density at radius 1 is 0.485 bits per heavy atom. The van der Waals surface area contributed by atoms with E-state index in [0.29, 0.717) is 12.8 Å². The number of esters is 1. The Hall–Kier alpha value is -2.30. The molecule has 3 atom stereocenters. The van der Waals surface area contributed by atoms with E-state index >= 15 is 0 Å². The summed E-state index contributed by atoms with van der Waals surface area (Å²) in [5.41, 5.74) is 0. The largest absolute Gasteiger partial charge is 0.480 e. The summed E-state index contributed by atoms with van der Waals surface area (Å²) >= 11 is 0. The number of rotatable bonds is 51. The van der Waals surface area contributed by atoms with Crippen LogP contribution in [0.4, 0.5) is 0 Å². The van der Waals surface area contributed by atoms with Gasteiger partial charge in [0.05, 0.1) is 13.2 Å². The molecule has 0 fully saturated rings. The third-order valence-electron chi connectivity index (χ3n) is 11.9. The van der Waals surface area contributed by atoms with Crippen molar-refractivity contribution in [2.75, 3.05) is 19.8 Å². The molecule has 0 heterocycles. The lowest BCUT2D eigenvalue weighted by molar-refractivity contribution is -0.147. The third-order valence-corrected chi connectivity index (χ3v) is 12.9. The monoisotopic (exact) mass is 954 g/mol. The first-order valence-electron chi connectivity index (χ1n) is 27.0. The average Bonchev–Trinajstić information content (AvgIpc) is 3.29. The predicted octanol–water partition coefficient (Wildman–Crippen LogP) is 15.1. The van der Waals surface area contributed by atoms with Crippen LogP contribution in [0.5, 0.6) is 0 Å². The fourth-order valence-corrected chi connectivity index (χ4v) is 8.47. The molecule has 12 heteroatoms. The maximum Gasteiger partial charge on any atom is 0.472 e. The maximum absolute atomic E-state index is 12.4. The zero-order valence-corrected chi connectivity index (χ0v) is 43.2. The highest BCUT2D eigenvalue weighted by Gasteiger charge is 2.28. The number of carbonyl (C=O) groups is 3. The van der Waals surface area contributed by atoms with Gasteiger partial charge in [-0.1, -0.05) is 211 Å². The highest BCUT2D eigenvalue weighted by Crippen LogP contribution is 2.43. The van der Waals surface area contributed by atoms with Gasteiger partial charge in [0.2, 0.25) is 5.91 Å². The number of aliphatic hydroxyl groups excluding tert-OH is 1. The van der Waals surface area contributed by atoms with Crippen LogP contribution in [0, 0.1) is 0 Å². The van der Waals surface area contributed by atoms with Gasteiger partial charge in [0.1, 0.15) is 12.7 Å². The first-order valence-corrected chi connectivity index (χ1v) is 28.5. The van der Waals surface area contributed by atoms with Crippen molar-refractivity contribution in [3.63, 3.8) is 0 Å². The van der Waals surface area contributed by atoms with Crippen LogP contribution >= 0.6 is 7.82 Å². The highest BCUT2D eigenvalue weighted by atomic mass is 31.2. The molecule has 0 radical (unpaired) electrons. The van der Waals surface area contributed by atoms with Crippen LogP contribution in [0.1, 0.15) is 258 Å². The number of carboxylic acid groups (broad SMARTS) is 1. The number of aliphatic hydroxyl groups is 1. The molecular formula is C54H100NO10P.